The average Bonchev–Trinajstić information content (AvgIpc) is 2.66. The van der Waals surface area contributed by atoms with Crippen molar-refractivity contribution in [2.24, 2.45) is 11.7 Å². The molecule has 0 aromatic carbocycles. The van der Waals surface area contributed by atoms with E-state index in [4.69, 9.17) is 10.8 Å². The molecule has 1 aliphatic heterocycles. The fourth-order valence-electron chi connectivity index (χ4n) is 1.32. The number of nitrogens with one attached hydrogen (secondary N) is 2. The van der Waals surface area contributed by atoms with Gasteiger partial charge >= 0.3 is 0 Å². The van der Waals surface area contributed by atoms with E-state index >= 15 is 0 Å². The Balaban J connectivity index is 2.23. The number of aliphatic hydroxyl groups is 1. The molecule has 0 saturated carbocycles. The third kappa shape index (κ3) is 2.97. The van der Waals surface area contributed by atoms with Gasteiger partial charge in [0, 0.05) is 6.54 Å². The van der Waals surface area contributed by atoms with E-state index in [1.54, 1.807) is 0 Å². The minimum atomic E-state index is -1.30. The molecule has 1 aliphatic rings. The van der Waals surface area contributed by atoms with Crippen LogP contribution in [0.2, 0.25) is 0 Å². The Labute approximate surface area is 81.8 Å². The summed E-state index contributed by atoms with van der Waals surface area (Å²) in [5.41, 5.74) is 4.82. The first-order valence-corrected chi connectivity index (χ1v) is 4.57. The largest absolute Gasteiger partial charge is 0.381 e. The Hall–Kier alpha value is -1.14. The van der Waals surface area contributed by atoms with E-state index in [2.05, 4.69) is 10.6 Å². The van der Waals surface area contributed by atoms with Gasteiger partial charge in [0.15, 0.2) is 0 Å². The zero-order chi connectivity index (χ0) is 10.6. The number of carbonyl (C=O) groups is 2. The molecule has 0 bridgehead atoms. The topological polar surface area (TPSA) is 104 Å². The van der Waals surface area contributed by atoms with Gasteiger partial charge < -0.3 is 21.5 Å². The standard InChI is InChI=1S/C8H15N3O3/c9-7(13)6(12)4-11-8(14)5-1-2-10-3-5/h5-6,10,12H,1-4H2,(H2,9,13)(H,11,14). The van der Waals surface area contributed by atoms with Crippen LogP contribution in [-0.2, 0) is 9.59 Å². The van der Waals surface area contributed by atoms with Crippen molar-refractivity contribution in [3.05, 3.63) is 0 Å². The molecule has 0 spiro atoms. The quantitative estimate of drug-likeness (QED) is 0.405. The molecule has 1 saturated heterocycles. The van der Waals surface area contributed by atoms with Crippen LogP contribution in [0.4, 0.5) is 0 Å². The molecule has 0 aromatic heterocycles. The molecule has 1 fully saturated rings. The summed E-state index contributed by atoms with van der Waals surface area (Å²) in [5.74, 6) is -1.03. The summed E-state index contributed by atoms with van der Waals surface area (Å²) in [6.07, 6.45) is -0.508. The van der Waals surface area contributed by atoms with Gasteiger partial charge in [0.2, 0.25) is 11.8 Å². The lowest BCUT2D eigenvalue weighted by atomic mass is 10.1. The lowest BCUT2D eigenvalue weighted by Crippen LogP contribution is -2.42. The molecule has 80 valence electrons. The molecule has 2 atom stereocenters. The average molecular weight is 201 g/mol. The maximum atomic E-state index is 11.4. The molecule has 6 nitrogen and oxygen atoms in total. The van der Waals surface area contributed by atoms with Crippen LogP contribution >= 0.6 is 0 Å². The first-order chi connectivity index (χ1) is 6.61. The second kappa shape index (κ2) is 4.92. The van der Waals surface area contributed by atoms with Crippen molar-refractivity contribution in [3.8, 4) is 0 Å². The summed E-state index contributed by atoms with van der Waals surface area (Å²) >= 11 is 0. The van der Waals surface area contributed by atoms with Gasteiger partial charge in [-0.25, -0.2) is 0 Å². The van der Waals surface area contributed by atoms with Crippen molar-refractivity contribution in [1.29, 1.82) is 0 Å². The molecular formula is C8H15N3O3. The summed E-state index contributed by atoms with van der Waals surface area (Å²) in [7, 11) is 0. The van der Waals surface area contributed by atoms with Crippen molar-refractivity contribution < 1.29 is 14.7 Å². The SMILES string of the molecule is NC(=O)C(O)CNC(=O)C1CCNC1. The van der Waals surface area contributed by atoms with Gasteiger partial charge in [0.25, 0.3) is 0 Å². The molecule has 14 heavy (non-hydrogen) atoms. The Morgan fingerprint density at radius 1 is 1.64 bits per heavy atom. The van der Waals surface area contributed by atoms with Gasteiger partial charge in [0.05, 0.1) is 12.5 Å². The van der Waals surface area contributed by atoms with Crippen molar-refractivity contribution in [2.45, 2.75) is 12.5 Å². The monoisotopic (exact) mass is 201 g/mol. The van der Waals surface area contributed by atoms with Crippen LogP contribution in [-0.4, -0.2) is 42.7 Å². The molecule has 5 N–H and O–H groups in total. The summed E-state index contributed by atoms with van der Waals surface area (Å²) in [5, 5.41) is 14.5. The van der Waals surface area contributed by atoms with Crippen LogP contribution in [0.3, 0.4) is 0 Å². The highest BCUT2D eigenvalue weighted by molar-refractivity contribution is 5.82. The molecule has 1 heterocycles. The van der Waals surface area contributed by atoms with Crippen molar-refractivity contribution >= 4 is 11.8 Å². The Morgan fingerprint density at radius 2 is 2.36 bits per heavy atom. The van der Waals surface area contributed by atoms with E-state index in [1.165, 1.54) is 0 Å². The zero-order valence-corrected chi connectivity index (χ0v) is 7.82. The highest BCUT2D eigenvalue weighted by Gasteiger charge is 2.23. The summed E-state index contributed by atoms with van der Waals surface area (Å²) in [4.78, 5) is 21.8. The highest BCUT2D eigenvalue weighted by Crippen LogP contribution is 2.06. The van der Waals surface area contributed by atoms with Crippen LogP contribution in [0, 0.1) is 5.92 Å². The van der Waals surface area contributed by atoms with Crippen LogP contribution in [0.25, 0.3) is 0 Å². The molecular weight excluding hydrogens is 186 g/mol. The van der Waals surface area contributed by atoms with Crippen LogP contribution in [0.5, 0.6) is 0 Å². The lowest BCUT2D eigenvalue weighted by molar-refractivity contribution is -0.128. The maximum Gasteiger partial charge on any atom is 0.248 e. The molecule has 6 heteroatoms. The van der Waals surface area contributed by atoms with E-state index < -0.39 is 12.0 Å². The van der Waals surface area contributed by atoms with Gasteiger partial charge in [-0.05, 0) is 13.0 Å². The molecule has 0 aromatic rings. The number of rotatable bonds is 4. The predicted octanol–water partition coefficient (Wildman–Crippen LogP) is -2.44. The van der Waals surface area contributed by atoms with Gasteiger partial charge in [-0.15, -0.1) is 0 Å². The Bertz CT molecular complexity index is 226. The second-order valence-corrected chi connectivity index (χ2v) is 3.35. The number of hydrogen-bond donors (Lipinski definition) is 4. The third-order valence-corrected chi connectivity index (χ3v) is 2.23. The van der Waals surface area contributed by atoms with Gasteiger partial charge in [-0.1, -0.05) is 0 Å². The number of nitrogens with two attached hydrogens (primary N) is 1. The van der Waals surface area contributed by atoms with Gasteiger partial charge in [0.1, 0.15) is 6.10 Å². The smallest absolute Gasteiger partial charge is 0.248 e. The number of aliphatic hydroxyl groups excluding tert-OH is 1. The molecule has 0 aliphatic carbocycles. The molecule has 2 unspecified atom stereocenters. The van der Waals surface area contributed by atoms with E-state index in [-0.39, 0.29) is 18.4 Å². The van der Waals surface area contributed by atoms with Gasteiger partial charge in [-0.3, -0.25) is 9.59 Å². The predicted molar refractivity (Wildman–Crippen MR) is 49.2 cm³/mol. The Kier molecular flexibility index (Phi) is 3.84. The summed E-state index contributed by atoms with van der Waals surface area (Å²) in [6.45, 7) is 1.37. The minimum Gasteiger partial charge on any atom is -0.381 e. The number of carbonyl (C=O) groups excluding carboxylic acids is 2. The fraction of sp³-hybridized carbons (Fsp3) is 0.750. The molecule has 0 radical (unpaired) electrons. The molecule has 2 amide bonds. The Morgan fingerprint density at radius 3 is 2.86 bits per heavy atom. The fourth-order valence-corrected chi connectivity index (χ4v) is 1.32. The third-order valence-electron chi connectivity index (χ3n) is 2.23. The van der Waals surface area contributed by atoms with Crippen LogP contribution < -0.4 is 16.4 Å². The maximum absolute atomic E-state index is 11.4. The molecule has 1 rings (SSSR count). The number of primary amides is 1. The lowest BCUT2D eigenvalue weighted by Gasteiger charge is -2.11. The van der Waals surface area contributed by atoms with Crippen molar-refractivity contribution in [1.82, 2.24) is 10.6 Å². The second-order valence-electron chi connectivity index (χ2n) is 3.35. The van der Waals surface area contributed by atoms with Crippen molar-refractivity contribution in [2.75, 3.05) is 19.6 Å². The highest BCUT2D eigenvalue weighted by atomic mass is 16.3. The van der Waals surface area contributed by atoms with E-state index in [9.17, 15) is 9.59 Å². The first-order valence-electron chi connectivity index (χ1n) is 4.57. The number of amides is 2. The first kappa shape index (κ1) is 10.9. The zero-order valence-electron chi connectivity index (χ0n) is 7.82. The van der Waals surface area contributed by atoms with Crippen LogP contribution in [0.1, 0.15) is 6.42 Å². The minimum absolute atomic E-state index is 0.0601. The van der Waals surface area contributed by atoms with Crippen LogP contribution in [0.15, 0.2) is 0 Å². The van der Waals surface area contributed by atoms with E-state index in [1.807, 2.05) is 0 Å². The normalized spacial score (nSPS) is 23.1. The van der Waals surface area contributed by atoms with Crippen molar-refractivity contribution in [3.63, 3.8) is 0 Å². The van der Waals surface area contributed by atoms with Gasteiger partial charge in [-0.2, -0.15) is 0 Å². The van der Waals surface area contributed by atoms with E-state index in [0.717, 1.165) is 13.0 Å². The summed E-state index contributed by atoms with van der Waals surface area (Å²) in [6, 6.07) is 0. The van der Waals surface area contributed by atoms with E-state index in [0.29, 0.717) is 6.54 Å². The number of hydrogen-bond acceptors (Lipinski definition) is 4. The summed E-state index contributed by atoms with van der Waals surface area (Å²) < 4.78 is 0.